The number of hydrogen-bond donors (Lipinski definition) is 0. The third-order valence-corrected chi connectivity index (χ3v) is 3.86. The van der Waals surface area contributed by atoms with Gasteiger partial charge < -0.3 is 4.74 Å². The summed E-state index contributed by atoms with van der Waals surface area (Å²) < 4.78 is 18.9. The highest BCUT2D eigenvalue weighted by atomic mass is 19.1. The average Bonchev–Trinajstić information content (AvgIpc) is 2.32. The molecule has 0 aromatic heterocycles. The summed E-state index contributed by atoms with van der Waals surface area (Å²) >= 11 is 0. The van der Waals surface area contributed by atoms with Crippen LogP contribution in [0.3, 0.4) is 0 Å². The summed E-state index contributed by atoms with van der Waals surface area (Å²) in [6.07, 6.45) is 1.15. The molecule has 0 saturated heterocycles. The maximum Gasteiger partial charge on any atom is 0.146 e. The van der Waals surface area contributed by atoms with Gasteiger partial charge in [-0.1, -0.05) is 6.92 Å². The minimum atomic E-state index is -0.373. The van der Waals surface area contributed by atoms with Crippen molar-refractivity contribution in [3.8, 4) is 5.75 Å². The molecule has 0 spiro atoms. The van der Waals surface area contributed by atoms with Gasteiger partial charge in [-0.05, 0) is 44.0 Å². The van der Waals surface area contributed by atoms with Crippen LogP contribution in [0.1, 0.15) is 32.3 Å². The van der Waals surface area contributed by atoms with Crippen molar-refractivity contribution in [2.75, 3.05) is 0 Å². The molecule has 2 nitrogen and oxygen atoms in total. The van der Waals surface area contributed by atoms with Crippen molar-refractivity contribution < 1.29 is 13.9 Å². The summed E-state index contributed by atoms with van der Waals surface area (Å²) in [5, 5.41) is 0. The Morgan fingerprint density at radius 1 is 1.53 bits per heavy atom. The zero-order valence-corrected chi connectivity index (χ0v) is 10.4. The molecule has 0 bridgehead atoms. The Labute approximate surface area is 101 Å². The molecule has 0 amide bonds. The lowest BCUT2D eigenvalue weighted by molar-refractivity contribution is -0.150. The van der Waals surface area contributed by atoms with Gasteiger partial charge in [0.1, 0.15) is 23.5 Å². The van der Waals surface area contributed by atoms with E-state index >= 15 is 0 Å². The highest BCUT2D eigenvalue weighted by Crippen LogP contribution is 2.42. The predicted octanol–water partition coefficient (Wildman–Crippen LogP) is 3.27. The van der Waals surface area contributed by atoms with Gasteiger partial charge in [-0.25, -0.2) is 4.39 Å². The predicted molar refractivity (Wildman–Crippen MR) is 63.6 cm³/mol. The highest BCUT2D eigenvalue weighted by molar-refractivity contribution is 5.92. The SMILES string of the molecule is CCC1(C)C(=O)CC1Oc1ccc(F)c(C)c1. The van der Waals surface area contributed by atoms with Crippen molar-refractivity contribution in [1.82, 2.24) is 0 Å². The van der Waals surface area contributed by atoms with Gasteiger partial charge in [-0.3, -0.25) is 4.79 Å². The van der Waals surface area contributed by atoms with E-state index in [2.05, 4.69) is 0 Å². The molecule has 1 aliphatic rings. The van der Waals surface area contributed by atoms with E-state index in [0.29, 0.717) is 17.7 Å². The van der Waals surface area contributed by atoms with Gasteiger partial charge in [0.2, 0.25) is 0 Å². The maximum atomic E-state index is 13.1. The van der Waals surface area contributed by atoms with Crippen molar-refractivity contribution in [3.63, 3.8) is 0 Å². The summed E-state index contributed by atoms with van der Waals surface area (Å²) in [4.78, 5) is 11.6. The number of benzene rings is 1. The monoisotopic (exact) mass is 236 g/mol. The lowest BCUT2D eigenvalue weighted by Crippen LogP contribution is -2.54. The number of hydrogen-bond acceptors (Lipinski definition) is 2. The normalized spacial score (nSPS) is 27.8. The van der Waals surface area contributed by atoms with Crippen molar-refractivity contribution in [2.45, 2.75) is 39.7 Å². The standard InChI is InChI=1S/C14H17FO2/c1-4-14(3)12(16)8-13(14)17-10-5-6-11(15)9(2)7-10/h5-7,13H,4,8H2,1-3H3. The number of Topliss-reactive ketones (excluding diaryl/α,β-unsaturated/α-hetero) is 1. The Hall–Kier alpha value is -1.38. The lowest BCUT2D eigenvalue weighted by Gasteiger charge is -2.44. The van der Waals surface area contributed by atoms with Crippen molar-refractivity contribution >= 4 is 5.78 Å². The number of rotatable bonds is 3. The van der Waals surface area contributed by atoms with Crippen LogP contribution in [-0.2, 0) is 4.79 Å². The molecule has 1 aromatic carbocycles. The average molecular weight is 236 g/mol. The summed E-state index contributed by atoms with van der Waals surface area (Å²) in [7, 11) is 0. The fraction of sp³-hybridized carbons (Fsp3) is 0.500. The third-order valence-electron chi connectivity index (χ3n) is 3.86. The molecule has 0 radical (unpaired) electrons. The number of carbonyl (C=O) groups is 1. The first-order chi connectivity index (χ1) is 7.97. The van der Waals surface area contributed by atoms with Crippen LogP contribution in [0.2, 0.25) is 0 Å². The zero-order valence-electron chi connectivity index (χ0n) is 10.4. The molecule has 1 fully saturated rings. The fourth-order valence-electron chi connectivity index (χ4n) is 2.13. The van der Waals surface area contributed by atoms with E-state index in [1.807, 2.05) is 13.8 Å². The highest BCUT2D eigenvalue weighted by Gasteiger charge is 2.51. The van der Waals surface area contributed by atoms with Crippen LogP contribution in [0.5, 0.6) is 5.75 Å². The summed E-state index contributed by atoms with van der Waals surface area (Å²) in [5.74, 6) is 0.658. The first-order valence-electron chi connectivity index (χ1n) is 5.93. The molecule has 0 N–H and O–H groups in total. The van der Waals surface area contributed by atoms with Crippen LogP contribution in [0.25, 0.3) is 0 Å². The van der Waals surface area contributed by atoms with Crippen LogP contribution in [0.4, 0.5) is 4.39 Å². The second-order valence-electron chi connectivity index (χ2n) is 4.92. The summed E-state index contributed by atoms with van der Waals surface area (Å²) in [6, 6.07) is 4.68. The second-order valence-corrected chi connectivity index (χ2v) is 4.92. The molecule has 2 atom stereocenters. The van der Waals surface area contributed by atoms with Crippen LogP contribution >= 0.6 is 0 Å². The summed E-state index contributed by atoms with van der Waals surface area (Å²) in [5.41, 5.74) is 0.189. The molecular weight excluding hydrogens is 219 g/mol. The molecular formula is C14H17FO2. The van der Waals surface area contributed by atoms with Gasteiger partial charge in [0.25, 0.3) is 0 Å². The Morgan fingerprint density at radius 2 is 2.24 bits per heavy atom. The molecule has 1 saturated carbocycles. The van der Waals surface area contributed by atoms with Gasteiger partial charge in [0, 0.05) is 6.42 Å². The Kier molecular flexibility index (Phi) is 2.94. The molecule has 2 unspecified atom stereocenters. The molecule has 1 aliphatic carbocycles. The van der Waals surface area contributed by atoms with E-state index in [0.717, 1.165) is 6.42 Å². The number of ketones is 1. The van der Waals surface area contributed by atoms with Gasteiger partial charge in [-0.2, -0.15) is 0 Å². The van der Waals surface area contributed by atoms with Crippen LogP contribution in [0, 0.1) is 18.2 Å². The van der Waals surface area contributed by atoms with Crippen molar-refractivity contribution in [1.29, 1.82) is 0 Å². The number of carbonyl (C=O) groups excluding carboxylic acids is 1. The number of halogens is 1. The van der Waals surface area contributed by atoms with Crippen LogP contribution in [-0.4, -0.2) is 11.9 Å². The number of ether oxygens (including phenoxy) is 1. The smallest absolute Gasteiger partial charge is 0.146 e. The molecule has 17 heavy (non-hydrogen) atoms. The van der Waals surface area contributed by atoms with Gasteiger partial charge >= 0.3 is 0 Å². The molecule has 92 valence electrons. The van der Waals surface area contributed by atoms with E-state index in [1.165, 1.54) is 6.07 Å². The molecule has 0 heterocycles. The van der Waals surface area contributed by atoms with Crippen LogP contribution in [0.15, 0.2) is 18.2 Å². The molecule has 1 aromatic rings. The molecule has 2 rings (SSSR count). The molecule has 3 heteroatoms. The van der Waals surface area contributed by atoms with Gasteiger partial charge in [0.05, 0.1) is 5.41 Å². The Bertz CT molecular complexity index is 456. The first-order valence-corrected chi connectivity index (χ1v) is 5.93. The first kappa shape index (κ1) is 12.1. The maximum absolute atomic E-state index is 13.1. The topological polar surface area (TPSA) is 26.3 Å². The van der Waals surface area contributed by atoms with E-state index in [4.69, 9.17) is 4.74 Å². The fourth-order valence-corrected chi connectivity index (χ4v) is 2.13. The van der Waals surface area contributed by atoms with Gasteiger partial charge in [-0.15, -0.1) is 0 Å². The van der Waals surface area contributed by atoms with E-state index in [1.54, 1.807) is 19.1 Å². The third kappa shape index (κ3) is 1.94. The van der Waals surface area contributed by atoms with Crippen molar-refractivity contribution in [2.24, 2.45) is 5.41 Å². The Balaban J connectivity index is 2.12. The van der Waals surface area contributed by atoms with E-state index in [9.17, 15) is 9.18 Å². The summed E-state index contributed by atoms with van der Waals surface area (Å²) in [6.45, 7) is 5.62. The molecule has 0 aliphatic heterocycles. The van der Waals surface area contributed by atoms with Crippen LogP contribution < -0.4 is 4.74 Å². The second kappa shape index (κ2) is 4.13. The Morgan fingerprint density at radius 3 is 2.76 bits per heavy atom. The zero-order chi connectivity index (χ0) is 12.6. The van der Waals surface area contributed by atoms with Gasteiger partial charge in [0.15, 0.2) is 0 Å². The van der Waals surface area contributed by atoms with Crippen molar-refractivity contribution in [3.05, 3.63) is 29.6 Å². The number of aryl methyl sites for hydroxylation is 1. The largest absolute Gasteiger partial charge is 0.489 e. The lowest BCUT2D eigenvalue weighted by atomic mass is 9.64. The van der Waals surface area contributed by atoms with E-state index < -0.39 is 0 Å². The van der Waals surface area contributed by atoms with E-state index in [-0.39, 0.29) is 23.1 Å². The minimum Gasteiger partial charge on any atom is -0.489 e. The quantitative estimate of drug-likeness (QED) is 0.805. The minimum absolute atomic E-state index is 0.0788.